The number of benzene rings is 1. The molecule has 1 N–H and O–H groups in total. The second kappa shape index (κ2) is 3.33. The van der Waals surface area contributed by atoms with Crippen LogP contribution in [-0.2, 0) is 0 Å². The molecule has 0 saturated carbocycles. The number of halogens is 1. The monoisotopic (exact) mass is 288 g/mol. The summed E-state index contributed by atoms with van der Waals surface area (Å²) in [7, 11) is 0. The van der Waals surface area contributed by atoms with Gasteiger partial charge < -0.3 is 0 Å². The van der Waals surface area contributed by atoms with E-state index in [2.05, 4.69) is 37.3 Å². The number of aromatic nitrogens is 2. The van der Waals surface area contributed by atoms with Crippen LogP contribution in [0.15, 0.2) is 33.6 Å². The molecule has 0 bridgehead atoms. The van der Waals surface area contributed by atoms with Crippen molar-refractivity contribution >= 4 is 22.6 Å². The van der Waals surface area contributed by atoms with Gasteiger partial charge >= 0.3 is 5.76 Å². The Labute approximate surface area is 87.1 Å². The maximum Gasteiger partial charge on any atom is 0.439 e. The van der Waals surface area contributed by atoms with E-state index >= 15 is 0 Å². The molecule has 5 heteroatoms. The maximum absolute atomic E-state index is 10.7. The van der Waals surface area contributed by atoms with Crippen molar-refractivity contribution in [3.05, 3.63) is 38.4 Å². The van der Waals surface area contributed by atoms with Gasteiger partial charge in [-0.15, -0.1) is 0 Å². The SMILES string of the molecule is O=c1[nH]c(-c2ccccc2I)no1. The van der Waals surface area contributed by atoms with Gasteiger partial charge in [0, 0.05) is 9.13 Å². The van der Waals surface area contributed by atoms with Crippen LogP contribution in [0.2, 0.25) is 0 Å². The predicted octanol–water partition coefficient (Wildman–Crippen LogP) is 1.63. The molecular weight excluding hydrogens is 283 g/mol. The first kappa shape index (κ1) is 8.49. The Hall–Kier alpha value is -1.11. The topological polar surface area (TPSA) is 58.9 Å². The summed E-state index contributed by atoms with van der Waals surface area (Å²) in [6.07, 6.45) is 0. The molecule has 66 valence electrons. The standard InChI is InChI=1S/C8H5IN2O2/c9-6-4-2-1-3-5(6)7-10-8(12)13-11-7/h1-4H,(H,10,11,12). The van der Waals surface area contributed by atoms with E-state index in [-0.39, 0.29) is 0 Å². The van der Waals surface area contributed by atoms with Crippen molar-refractivity contribution in [1.82, 2.24) is 10.1 Å². The Bertz CT molecular complexity index is 475. The Morgan fingerprint density at radius 3 is 2.77 bits per heavy atom. The van der Waals surface area contributed by atoms with Crippen molar-refractivity contribution in [3.63, 3.8) is 0 Å². The second-order valence-corrected chi connectivity index (χ2v) is 3.59. The lowest BCUT2D eigenvalue weighted by Crippen LogP contribution is -1.95. The third kappa shape index (κ3) is 1.64. The molecule has 0 aliphatic carbocycles. The third-order valence-corrected chi connectivity index (χ3v) is 2.51. The van der Waals surface area contributed by atoms with E-state index in [0.717, 1.165) is 9.13 Å². The number of nitrogens with zero attached hydrogens (tertiary/aromatic N) is 1. The number of H-pyrrole nitrogens is 1. The molecule has 13 heavy (non-hydrogen) atoms. The molecule has 1 aromatic carbocycles. The molecule has 0 aliphatic heterocycles. The van der Waals surface area contributed by atoms with Crippen molar-refractivity contribution in [2.75, 3.05) is 0 Å². The largest absolute Gasteiger partial charge is 0.439 e. The molecule has 0 spiro atoms. The maximum atomic E-state index is 10.7. The van der Waals surface area contributed by atoms with Crippen molar-refractivity contribution in [2.45, 2.75) is 0 Å². The zero-order valence-electron chi connectivity index (χ0n) is 6.45. The van der Waals surface area contributed by atoms with Gasteiger partial charge in [-0.1, -0.05) is 23.4 Å². The van der Waals surface area contributed by atoms with Gasteiger partial charge in [-0.25, -0.2) is 4.79 Å². The highest BCUT2D eigenvalue weighted by Crippen LogP contribution is 2.20. The highest BCUT2D eigenvalue weighted by atomic mass is 127. The van der Waals surface area contributed by atoms with Crippen LogP contribution >= 0.6 is 22.6 Å². The van der Waals surface area contributed by atoms with Crippen molar-refractivity contribution in [2.24, 2.45) is 0 Å². The van der Waals surface area contributed by atoms with E-state index in [0.29, 0.717) is 5.82 Å². The summed E-state index contributed by atoms with van der Waals surface area (Å²) in [6.45, 7) is 0. The van der Waals surface area contributed by atoms with Gasteiger partial charge in [0.15, 0.2) is 5.82 Å². The Balaban J connectivity index is 2.58. The lowest BCUT2D eigenvalue weighted by Gasteiger charge is -1.96. The molecule has 0 atom stereocenters. The van der Waals surface area contributed by atoms with Crippen molar-refractivity contribution in [3.8, 4) is 11.4 Å². The fourth-order valence-electron chi connectivity index (χ4n) is 0.999. The first-order valence-corrected chi connectivity index (χ1v) is 4.66. The minimum atomic E-state index is -0.533. The summed E-state index contributed by atoms with van der Waals surface area (Å²) >= 11 is 2.17. The van der Waals surface area contributed by atoms with Crippen LogP contribution in [0.1, 0.15) is 0 Å². The molecule has 0 amide bonds. The van der Waals surface area contributed by atoms with Gasteiger partial charge in [-0.2, -0.15) is 0 Å². The molecule has 0 unspecified atom stereocenters. The number of aromatic amines is 1. The lowest BCUT2D eigenvalue weighted by molar-refractivity contribution is 0.388. The zero-order valence-corrected chi connectivity index (χ0v) is 8.61. The van der Waals surface area contributed by atoms with Crippen LogP contribution in [0.25, 0.3) is 11.4 Å². The van der Waals surface area contributed by atoms with E-state index in [4.69, 9.17) is 0 Å². The van der Waals surface area contributed by atoms with Gasteiger partial charge in [0.2, 0.25) is 0 Å². The minimum Gasteiger partial charge on any atom is -0.296 e. The summed E-state index contributed by atoms with van der Waals surface area (Å²) in [5.41, 5.74) is 0.869. The number of hydrogen-bond acceptors (Lipinski definition) is 3. The molecule has 2 aromatic rings. The quantitative estimate of drug-likeness (QED) is 0.811. The zero-order chi connectivity index (χ0) is 9.26. The molecular formula is C8H5IN2O2. The molecule has 0 radical (unpaired) electrons. The molecule has 1 aromatic heterocycles. The van der Waals surface area contributed by atoms with E-state index < -0.39 is 5.76 Å². The smallest absolute Gasteiger partial charge is 0.296 e. The van der Waals surface area contributed by atoms with Crippen LogP contribution in [0.4, 0.5) is 0 Å². The molecule has 0 aliphatic rings. The fourth-order valence-corrected chi connectivity index (χ4v) is 1.64. The molecule has 1 heterocycles. The van der Waals surface area contributed by atoms with Crippen LogP contribution in [0, 0.1) is 3.57 Å². The first-order chi connectivity index (χ1) is 6.27. The average Bonchev–Trinajstić information content (AvgIpc) is 2.53. The lowest BCUT2D eigenvalue weighted by atomic mass is 10.2. The van der Waals surface area contributed by atoms with E-state index in [1.165, 1.54) is 0 Å². The van der Waals surface area contributed by atoms with E-state index in [1.807, 2.05) is 24.3 Å². The Morgan fingerprint density at radius 1 is 1.38 bits per heavy atom. The van der Waals surface area contributed by atoms with Crippen LogP contribution in [0.5, 0.6) is 0 Å². The van der Waals surface area contributed by atoms with Crippen LogP contribution < -0.4 is 5.76 Å². The number of rotatable bonds is 1. The van der Waals surface area contributed by atoms with Crippen molar-refractivity contribution < 1.29 is 4.52 Å². The van der Waals surface area contributed by atoms with Gasteiger partial charge in [0.05, 0.1) is 0 Å². The van der Waals surface area contributed by atoms with Gasteiger partial charge in [-0.05, 0) is 28.7 Å². The Morgan fingerprint density at radius 2 is 2.15 bits per heavy atom. The third-order valence-electron chi connectivity index (χ3n) is 1.57. The van der Waals surface area contributed by atoms with Gasteiger partial charge in [0.25, 0.3) is 0 Å². The van der Waals surface area contributed by atoms with Crippen molar-refractivity contribution in [1.29, 1.82) is 0 Å². The minimum absolute atomic E-state index is 0.468. The van der Waals surface area contributed by atoms with Gasteiger partial charge in [0.1, 0.15) is 0 Å². The predicted molar refractivity (Wildman–Crippen MR) is 55.3 cm³/mol. The summed E-state index contributed by atoms with van der Waals surface area (Å²) in [5.74, 6) is -0.0651. The summed E-state index contributed by atoms with van der Waals surface area (Å²) < 4.78 is 5.43. The summed E-state index contributed by atoms with van der Waals surface area (Å²) in [6, 6.07) is 7.60. The Kier molecular flexibility index (Phi) is 2.17. The molecule has 2 rings (SSSR count). The molecule has 0 fully saturated rings. The average molecular weight is 288 g/mol. The summed E-state index contributed by atoms with van der Waals surface area (Å²) in [4.78, 5) is 13.2. The molecule has 4 nitrogen and oxygen atoms in total. The highest BCUT2D eigenvalue weighted by Gasteiger charge is 2.06. The molecule has 0 saturated heterocycles. The first-order valence-electron chi connectivity index (χ1n) is 3.58. The number of hydrogen-bond donors (Lipinski definition) is 1. The second-order valence-electron chi connectivity index (χ2n) is 2.42. The normalized spacial score (nSPS) is 10.2. The number of nitrogens with one attached hydrogen (secondary N) is 1. The highest BCUT2D eigenvalue weighted by molar-refractivity contribution is 14.1. The fraction of sp³-hybridized carbons (Fsp3) is 0. The van der Waals surface area contributed by atoms with Crippen LogP contribution in [0.3, 0.4) is 0 Å². The van der Waals surface area contributed by atoms with E-state index in [1.54, 1.807) is 0 Å². The van der Waals surface area contributed by atoms with Gasteiger partial charge in [-0.3, -0.25) is 9.51 Å². The summed E-state index contributed by atoms with van der Waals surface area (Å²) in [5, 5.41) is 3.60. The van der Waals surface area contributed by atoms with E-state index in [9.17, 15) is 4.79 Å². The van der Waals surface area contributed by atoms with Crippen LogP contribution in [-0.4, -0.2) is 10.1 Å².